The van der Waals surface area contributed by atoms with Crippen LogP contribution in [0.5, 0.6) is 5.75 Å². The molecule has 3 aromatic rings. The summed E-state index contributed by atoms with van der Waals surface area (Å²) in [5, 5.41) is 2.77. The van der Waals surface area contributed by atoms with E-state index in [0.717, 1.165) is 0 Å². The first-order valence-corrected chi connectivity index (χ1v) is 8.73. The van der Waals surface area contributed by atoms with Crippen molar-refractivity contribution in [2.75, 3.05) is 11.9 Å². The van der Waals surface area contributed by atoms with E-state index in [0.29, 0.717) is 23.6 Å². The number of anilines is 1. The van der Waals surface area contributed by atoms with Gasteiger partial charge in [-0.3, -0.25) is 9.78 Å². The van der Waals surface area contributed by atoms with Crippen LogP contribution in [-0.2, 0) is 9.53 Å². The van der Waals surface area contributed by atoms with Gasteiger partial charge in [0.15, 0.2) is 5.69 Å². The number of hydrogen-bond donors (Lipinski definition) is 1. The summed E-state index contributed by atoms with van der Waals surface area (Å²) < 4.78 is 11.0. The fourth-order valence-electron chi connectivity index (χ4n) is 2.52. The van der Waals surface area contributed by atoms with Crippen LogP contribution in [0.2, 0.25) is 0 Å². The molecule has 142 valence electrons. The minimum Gasteiger partial charge on any atom is -0.492 e. The molecule has 1 amide bonds. The topological polar surface area (TPSA) is 90.4 Å². The van der Waals surface area contributed by atoms with Crippen LogP contribution in [-0.4, -0.2) is 28.5 Å². The zero-order chi connectivity index (χ0) is 19.8. The SMILES string of the molecule is CCOc1ccccc1NC(=O)[C@@H](OC(=O)c1cnccn1)c1ccccc1. The number of nitrogens with zero attached hydrogens (tertiary/aromatic N) is 2. The molecule has 0 aliphatic carbocycles. The smallest absolute Gasteiger partial charge is 0.359 e. The van der Waals surface area contributed by atoms with Gasteiger partial charge in [-0.2, -0.15) is 0 Å². The highest BCUT2D eigenvalue weighted by Gasteiger charge is 2.27. The van der Waals surface area contributed by atoms with Gasteiger partial charge in [0, 0.05) is 18.0 Å². The standard InChI is InChI=1S/C21H19N3O4/c1-2-27-18-11-7-6-10-16(18)24-20(25)19(15-8-4-3-5-9-15)28-21(26)17-14-22-12-13-23-17/h3-14,19H,2H2,1H3,(H,24,25)/t19-/m0/s1. The van der Waals surface area contributed by atoms with Crippen LogP contribution in [0, 0.1) is 0 Å². The first kappa shape index (κ1) is 19.0. The average Bonchev–Trinajstić information content (AvgIpc) is 2.74. The van der Waals surface area contributed by atoms with Crippen molar-refractivity contribution in [3.8, 4) is 5.75 Å². The second kappa shape index (κ2) is 9.27. The molecule has 0 radical (unpaired) electrons. The van der Waals surface area contributed by atoms with Crippen molar-refractivity contribution in [3.05, 3.63) is 84.4 Å². The number of hydrogen-bond acceptors (Lipinski definition) is 6. The van der Waals surface area contributed by atoms with Gasteiger partial charge in [0.2, 0.25) is 6.10 Å². The Morgan fingerprint density at radius 2 is 1.79 bits per heavy atom. The van der Waals surface area contributed by atoms with E-state index in [1.165, 1.54) is 18.6 Å². The van der Waals surface area contributed by atoms with Crippen LogP contribution in [0.1, 0.15) is 29.1 Å². The quantitative estimate of drug-likeness (QED) is 0.635. The molecule has 2 aromatic carbocycles. The van der Waals surface area contributed by atoms with E-state index < -0.39 is 18.0 Å². The summed E-state index contributed by atoms with van der Waals surface area (Å²) in [6.45, 7) is 2.31. The molecule has 3 rings (SSSR count). The van der Waals surface area contributed by atoms with Gasteiger partial charge in [0.25, 0.3) is 5.91 Å². The maximum Gasteiger partial charge on any atom is 0.359 e. The largest absolute Gasteiger partial charge is 0.492 e. The van der Waals surface area contributed by atoms with E-state index in [9.17, 15) is 9.59 Å². The van der Waals surface area contributed by atoms with Crippen LogP contribution in [0.15, 0.2) is 73.2 Å². The lowest BCUT2D eigenvalue weighted by Gasteiger charge is -2.19. The van der Waals surface area contributed by atoms with Gasteiger partial charge < -0.3 is 14.8 Å². The van der Waals surface area contributed by atoms with Gasteiger partial charge in [-0.05, 0) is 19.1 Å². The van der Waals surface area contributed by atoms with Gasteiger partial charge in [-0.1, -0.05) is 42.5 Å². The number of amides is 1. The fourth-order valence-corrected chi connectivity index (χ4v) is 2.52. The molecule has 1 heterocycles. The Labute approximate surface area is 162 Å². The van der Waals surface area contributed by atoms with Crippen molar-refractivity contribution in [2.45, 2.75) is 13.0 Å². The maximum atomic E-state index is 13.0. The monoisotopic (exact) mass is 377 g/mol. The molecule has 0 aliphatic rings. The fraction of sp³-hybridized carbons (Fsp3) is 0.143. The second-order valence-corrected chi connectivity index (χ2v) is 5.71. The maximum absolute atomic E-state index is 13.0. The van der Waals surface area contributed by atoms with Gasteiger partial charge in [0.05, 0.1) is 18.5 Å². The lowest BCUT2D eigenvalue weighted by Crippen LogP contribution is -2.26. The Bertz CT molecular complexity index is 933. The van der Waals surface area contributed by atoms with E-state index in [1.54, 1.807) is 42.5 Å². The molecular weight excluding hydrogens is 358 g/mol. The third-order valence-electron chi connectivity index (χ3n) is 3.78. The highest BCUT2D eigenvalue weighted by Crippen LogP contribution is 2.27. The van der Waals surface area contributed by atoms with Crippen molar-refractivity contribution in [1.82, 2.24) is 9.97 Å². The number of rotatable bonds is 7. The van der Waals surface area contributed by atoms with Crippen LogP contribution in [0.25, 0.3) is 0 Å². The predicted octanol–water partition coefficient (Wildman–Crippen LogP) is 3.41. The highest BCUT2D eigenvalue weighted by atomic mass is 16.5. The Hall–Kier alpha value is -3.74. The van der Waals surface area contributed by atoms with Crippen molar-refractivity contribution < 1.29 is 19.1 Å². The summed E-state index contributed by atoms with van der Waals surface area (Å²) >= 11 is 0. The molecule has 7 heteroatoms. The van der Waals surface area contributed by atoms with Gasteiger partial charge in [0.1, 0.15) is 5.75 Å². The number of esters is 1. The Balaban J connectivity index is 1.85. The lowest BCUT2D eigenvalue weighted by atomic mass is 10.1. The Morgan fingerprint density at radius 3 is 2.50 bits per heavy atom. The van der Waals surface area contributed by atoms with Crippen LogP contribution in [0.3, 0.4) is 0 Å². The molecular formula is C21H19N3O4. The predicted molar refractivity (Wildman–Crippen MR) is 103 cm³/mol. The molecule has 1 atom stereocenters. The molecule has 0 spiro atoms. The lowest BCUT2D eigenvalue weighted by molar-refractivity contribution is -0.125. The molecule has 0 fully saturated rings. The molecule has 0 saturated carbocycles. The van der Waals surface area contributed by atoms with E-state index in [-0.39, 0.29) is 5.69 Å². The first-order valence-electron chi connectivity index (χ1n) is 8.73. The summed E-state index contributed by atoms with van der Waals surface area (Å²) in [6.07, 6.45) is 2.95. The van der Waals surface area contributed by atoms with E-state index >= 15 is 0 Å². The minimum atomic E-state index is -1.16. The van der Waals surface area contributed by atoms with Crippen molar-refractivity contribution in [3.63, 3.8) is 0 Å². The molecule has 0 aliphatic heterocycles. The van der Waals surface area contributed by atoms with Gasteiger partial charge >= 0.3 is 5.97 Å². The van der Waals surface area contributed by atoms with Gasteiger partial charge in [-0.25, -0.2) is 9.78 Å². The summed E-state index contributed by atoms with van der Waals surface area (Å²) in [5.41, 5.74) is 1.04. The number of ether oxygens (including phenoxy) is 2. The van der Waals surface area contributed by atoms with Crippen LogP contribution in [0.4, 0.5) is 5.69 Å². The second-order valence-electron chi connectivity index (χ2n) is 5.71. The first-order chi connectivity index (χ1) is 13.7. The highest BCUT2D eigenvalue weighted by molar-refractivity contribution is 5.98. The average molecular weight is 377 g/mol. The number of para-hydroxylation sites is 2. The van der Waals surface area contributed by atoms with Crippen LogP contribution < -0.4 is 10.1 Å². The number of nitrogens with one attached hydrogen (secondary N) is 1. The Morgan fingerprint density at radius 1 is 1.04 bits per heavy atom. The number of carbonyl (C=O) groups excluding carboxylic acids is 2. The normalized spacial score (nSPS) is 11.3. The molecule has 28 heavy (non-hydrogen) atoms. The van der Waals surface area contributed by atoms with Gasteiger partial charge in [-0.15, -0.1) is 0 Å². The zero-order valence-corrected chi connectivity index (χ0v) is 15.2. The van der Waals surface area contributed by atoms with Crippen molar-refractivity contribution >= 4 is 17.6 Å². The number of carbonyl (C=O) groups is 2. The molecule has 1 aromatic heterocycles. The molecule has 7 nitrogen and oxygen atoms in total. The third kappa shape index (κ3) is 4.70. The zero-order valence-electron chi connectivity index (χ0n) is 15.2. The Kier molecular flexibility index (Phi) is 6.30. The van der Waals surface area contributed by atoms with Crippen molar-refractivity contribution in [2.24, 2.45) is 0 Å². The number of aromatic nitrogens is 2. The van der Waals surface area contributed by atoms with Crippen molar-refractivity contribution in [1.29, 1.82) is 0 Å². The van der Waals surface area contributed by atoms with Crippen LogP contribution >= 0.6 is 0 Å². The summed E-state index contributed by atoms with van der Waals surface area (Å²) in [6, 6.07) is 15.8. The minimum absolute atomic E-state index is 0.0194. The number of benzene rings is 2. The third-order valence-corrected chi connectivity index (χ3v) is 3.78. The molecule has 1 N–H and O–H groups in total. The summed E-state index contributed by atoms with van der Waals surface area (Å²) in [4.78, 5) is 33.2. The molecule has 0 bridgehead atoms. The van der Waals surface area contributed by atoms with E-state index in [2.05, 4.69) is 15.3 Å². The summed E-state index contributed by atoms with van der Waals surface area (Å²) in [5.74, 6) is -0.712. The molecule has 0 unspecified atom stereocenters. The van der Waals surface area contributed by atoms with E-state index in [4.69, 9.17) is 9.47 Å². The summed E-state index contributed by atoms with van der Waals surface area (Å²) in [7, 11) is 0. The van der Waals surface area contributed by atoms with E-state index in [1.807, 2.05) is 19.1 Å². The molecule has 0 saturated heterocycles.